The monoisotopic (exact) mass is 341 g/mol. The zero-order valence-corrected chi connectivity index (χ0v) is 14.3. The van der Waals surface area contributed by atoms with Crippen molar-refractivity contribution in [1.29, 1.82) is 0 Å². The van der Waals surface area contributed by atoms with Crippen molar-refractivity contribution in [2.24, 2.45) is 0 Å². The number of halogens is 1. The number of benzene rings is 1. The maximum Gasteiger partial charge on any atom is 0.253 e. The van der Waals surface area contributed by atoms with Crippen LogP contribution in [0.15, 0.2) is 24.3 Å². The van der Waals surface area contributed by atoms with E-state index in [1.807, 2.05) is 12.1 Å². The SMILES string of the molecule is CN(C)C(=O)c1ccc(CNC(=O)CC2COCCN2)cc1.Cl. The van der Waals surface area contributed by atoms with Gasteiger partial charge >= 0.3 is 0 Å². The highest BCUT2D eigenvalue weighted by molar-refractivity contribution is 5.93. The average molecular weight is 342 g/mol. The molecule has 1 aliphatic rings. The first-order chi connectivity index (χ1) is 10.6. The van der Waals surface area contributed by atoms with Crippen molar-refractivity contribution in [2.45, 2.75) is 19.0 Å². The van der Waals surface area contributed by atoms with E-state index in [1.54, 1.807) is 26.2 Å². The first kappa shape index (κ1) is 19.4. The van der Waals surface area contributed by atoms with Crippen LogP contribution in [0.5, 0.6) is 0 Å². The Balaban J connectivity index is 0.00000264. The van der Waals surface area contributed by atoms with Gasteiger partial charge in [-0.2, -0.15) is 0 Å². The fourth-order valence-electron chi connectivity index (χ4n) is 2.27. The number of rotatable bonds is 5. The smallest absolute Gasteiger partial charge is 0.253 e. The Morgan fingerprint density at radius 3 is 2.57 bits per heavy atom. The van der Waals surface area contributed by atoms with Gasteiger partial charge in [-0.05, 0) is 17.7 Å². The van der Waals surface area contributed by atoms with E-state index in [9.17, 15) is 9.59 Å². The third-order valence-electron chi connectivity index (χ3n) is 3.53. The van der Waals surface area contributed by atoms with E-state index in [0.717, 1.165) is 12.1 Å². The number of hydrogen-bond donors (Lipinski definition) is 2. The van der Waals surface area contributed by atoms with Crippen molar-refractivity contribution in [2.75, 3.05) is 33.9 Å². The Bertz CT molecular complexity index is 514. The molecular formula is C16H24ClN3O3. The van der Waals surface area contributed by atoms with Gasteiger partial charge in [-0.15, -0.1) is 12.4 Å². The number of carbonyl (C=O) groups is 2. The lowest BCUT2D eigenvalue weighted by Gasteiger charge is -2.23. The van der Waals surface area contributed by atoms with E-state index in [4.69, 9.17) is 4.74 Å². The molecule has 23 heavy (non-hydrogen) atoms. The van der Waals surface area contributed by atoms with E-state index in [1.165, 1.54) is 4.90 Å². The Morgan fingerprint density at radius 2 is 2.00 bits per heavy atom. The van der Waals surface area contributed by atoms with E-state index >= 15 is 0 Å². The lowest BCUT2D eigenvalue weighted by atomic mass is 10.1. The third-order valence-corrected chi connectivity index (χ3v) is 3.53. The summed E-state index contributed by atoms with van der Waals surface area (Å²) in [7, 11) is 3.44. The summed E-state index contributed by atoms with van der Waals surface area (Å²) in [6, 6.07) is 7.37. The summed E-state index contributed by atoms with van der Waals surface area (Å²) in [6.45, 7) is 2.53. The van der Waals surface area contributed by atoms with Crippen LogP contribution in [0.3, 0.4) is 0 Å². The van der Waals surface area contributed by atoms with E-state index in [2.05, 4.69) is 10.6 Å². The molecule has 1 aliphatic heterocycles. The summed E-state index contributed by atoms with van der Waals surface area (Å²) >= 11 is 0. The zero-order valence-electron chi connectivity index (χ0n) is 13.5. The molecule has 0 radical (unpaired) electrons. The predicted molar refractivity (Wildman–Crippen MR) is 90.8 cm³/mol. The van der Waals surface area contributed by atoms with Crippen LogP contribution in [0.25, 0.3) is 0 Å². The Labute approximate surface area is 143 Å². The van der Waals surface area contributed by atoms with Gasteiger partial charge in [0.1, 0.15) is 0 Å². The zero-order chi connectivity index (χ0) is 15.9. The van der Waals surface area contributed by atoms with Crippen LogP contribution >= 0.6 is 12.4 Å². The summed E-state index contributed by atoms with van der Waals surface area (Å²) in [5.74, 6) is -0.0320. The average Bonchev–Trinajstić information content (AvgIpc) is 2.53. The van der Waals surface area contributed by atoms with E-state index in [-0.39, 0.29) is 30.3 Å². The van der Waals surface area contributed by atoms with Crippen molar-refractivity contribution in [3.8, 4) is 0 Å². The van der Waals surface area contributed by atoms with Gasteiger partial charge in [0.15, 0.2) is 0 Å². The van der Waals surface area contributed by atoms with Crippen LogP contribution in [0.4, 0.5) is 0 Å². The highest BCUT2D eigenvalue weighted by Crippen LogP contribution is 2.06. The quantitative estimate of drug-likeness (QED) is 0.831. The van der Waals surface area contributed by atoms with Gasteiger partial charge in [0.25, 0.3) is 5.91 Å². The molecule has 0 aliphatic carbocycles. The van der Waals surface area contributed by atoms with Crippen LogP contribution in [-0.4, -0.2) is 56.6 Å². The van der Waals surface area contributed by atoms with Gasteiger partial charge in [-0.3, -0.25) is 9.59 Å². The molecule has 1 saturated heterocycles. The second-order valence-electron chi connectivity index (χ2n) is 5.60. The Kier molecular flexibility index (Phi) is 8.02. The van der Waals surface area contributed by atoms with Crippen LogP contribution in [0, 0.1) is 0 Å². The summed E-state index contributed by atoms with van der Waals surface area (Å²) in [4.78, 5) is 25.2. The summed E-state index contributed by atoms with van der Waals surface area (Å²) in [5, 5.41) is 6.14. The molecule has 7 heteroatoms. The molecule has 2 amide bonds. The second kappa shape index (κ2) is 9.50. The molecule has 1 fully saturated rings. The highest BCUT2D eigenvalue weighted by atomic mass is 35.5. The third kappa shape index (κ3) is 6.17. The molecule has 6 nitrogen and oxygen atoms in total. The van der Waals surface area contributed by atoms with Crippen LogP contribution in [0.2, 0.25) is 0 Å². The Morgan fingerprint density at radius 1 is 1.30 bits per heavy atom. The molecule has 2 rings (SSSR count). The maximum absolute atomic E-state index is 11.9. The predicted octanol–water partition coefficient (Wildman–Crippen LogP) is 0.805. The number of nitrogens with one attached hydrogen (secondary N) is 2. The lowest BCUT2D eigenvalue weighted by molar-refractivity contribution is -0.122. The minimum absolute atomic E-state index is 0. The minimum atomic E-state index is -0.0287. The summed E-state index contributed by atoms with van der Waals surface area (Å²) in [6.07, 6.45) is 0.414. The minimum Gasteiger partial charge on any atom is -0.378 e. The molecule has 1 heterocycles. The first-order valence-electron chi connectivity index (χ1n) is 7.44. The van der Waals surface area contributed by atoms with Gasteiger partial charge in [-0.25, -0.2) is 0 Å². The molecule has 1 atom stereocenters. The fraction of sp³-hybridized carbons (Fsp3) is 0.500. The van der Waals surface area contributed by atoms with Gasteiger partial charge in [0.05, 0.1) is 13.2 Å². The molecule has 1 aromatic rings. The number of amides is 2. The molecule has 1 unspecified atom stereocenters. The maximum atomic E-state index is 11.9. The van der Waals surface area contributed by atoms with Gasteiger partial charge in [-0.1, -0.05) is 12.1 Å². The van der Waals surface area contributed by atoms with Gasteiger partial charge in [0.2, 0.25) is 5.91 Å². The standard InChI is InChI=1S/C16H23N3O3.ClH/c1-19(2)16(21)13-5-3-12(4-6-13)10-18-15(20)9-14-11-22-8-7-17-14;/h3-6,14,17H,7-11H2,1-2H3,(H,18,20);1H. The van der Waals surface area contributed by atoms with Gasteiger partial charge in [0, 0.05) is 45.2 Å². The first-order valence-corrected chi connectivity index (χ1v) is 7.44. The normalized spacial score (nSPS) is 17.0. The van der Waals surface area contributed by atoms with E-state index < -0.39 is 0 Å². The summed E-state index contributed by atoms with van der Waals surface area (Å²) < 4.78 is 5.32. The summed E-state index contributed by atoms with van der Waals surface area (Å²) in [5.41, 5.74) is 1.61. The fourth-order valence-corrected chi connectivity index (χ4v) is 2.27. The van der Waals surface area contributed by atoms with Crippen molar-refractivity contribution in [3.63, 3.8) is 0 Å². The highest BCUT2D eigenvalue weighted by Gasteiger charge is 2.16. The molecule has 1 aromatic carbocycles. The van der Waals surface area contributed by atoms with Crippen LogP contribution in [0.1, 0.15) is 22.3 Å². The molecule has 0 aromatic heterocycles. The number of ether oxygens (including phenoxy) is 1. The number of carbonyl (C=O) groups excluding carboxylic acids is 2. The van der Waals surface area contributed by atoms with Crippen molar-refractivity contribution >= 4 is 24.2 Å². The molecule has 0 spiro atoms. The van der Waals surface area contributed by atoms with Crippen molar-refractivity contribution in [3.05, 3.63) is 35.4 Å². The molecule has 128 valence electrons. The topological polar surface area (TPSA) is 70.7 Å². The lowest BCUT2D eigenvalue weighted by Crippen LogP contribution is -2.44. The number of nitrogens with zero attached hydrogens (tertiary/aromatic N) is 1. The van der Waals surface area contributed by atoms with E-state index in [0.29, 0.717) is 31.7 Å². The van der Waals surface area contributed by atoms with Crippen LogP contribution < -0.4 is 10.6 Å². The molecule has 2 N–H and O–H groups in total. The van der Waals surface area contributed by atoms with Gasteiger partial charge < -0.3 is 20.3 Å². The van der Waals surface area contributed by atoms with Crippen molar-refractivity contribution < 1.29 is 14.3 Å². The number of morpholine rings is 1. The number of hydrogen-bond acceptors (Lipinski definition) is 4. The largest absolute Gasteiger partial charge is 0.378 e. The second-order valence-corrected chi connectivity index (χ2v) is 5.60. The van der Waals surface area contributed by atoms with Crippen molar-refractivity contribution in [1.82, 2.24) is 15.5 Å². The Hall–Kier alpha value is -1.63. The molecular weight excluding hydrogens is 318 g/mol. The van der Waals surface area contributed by atoms with Crippen LogP contribution in [-0.2, 0) is 16.1 Å². The molecule has 0 saturated carbocycles. The molecule has 0 bridgehead atoms.